The number of halogens is 3. The van der Waals surface area contributed by atoms with Gasteiger partial charge < -0.3 is 19.7 Å². The quantitative estimate of drug-likeness (QED) is 0.284. The lowest BCUT2D eigenvalue weighted by molar-refractivity contribution is -0.138. The highest BCUT2D eigenvalue weighted by Gasteiger charge is 2.48. The molecule has 45 heavy (non-hydrogen) atoms. The second-order valence-electron chi connectivity index (χ2n) is 12.7. The zero-order valence-corrected chi connectivity index (χ0v) is 26.5. The number of nitrogens with zero attached hydrogens (tertiary/aromatic N) is 3. The average Bonchev–Trinajstić information content (AvgIpc) is 3.58. The monoisotopic (exact) mass is 654 g/mol. The number of sulfonamides is 1. The number of ether oxygens (including phenoxy) is 1. The molecule has 2 fully saturated rings. The minimum atomic E-state index is -4.13. The third-order valence-electron chi connectivity index (χ3n) is 9.72. The van der Waals surface area contributed by atoms with Crippen molar-refractivity contribution in [2.75, 3.05) is 38.7 Å². The number of hydrogen-bond acceptors (Lipinski definition) is 6. The molecule has 3 heterocycles. The molecule has 1 aromatic carbocycles. The summed E-state index contributed by atoms with van der Waals surface area (Å²) in [7, 11) is -3.56. The SMILES string of the molecule is O=C1NC(C2CCC(CCC(F)(F)F)CC2)=NC12CCN(S(=O)(=O)CCc1cccc3c1ccn3CCOCCCCO)CC2. The number of aromatic nitrogens is 1. The maximum absolute atomic E-state index is 13.4. The Bertz CT molecular complexity index is 1440. The summed E-state index contributed by atoms with van der Waals surface area (Å²) in [6.07, 6.45) is 2.57. The molecule has 1 amide bonds. The van der Waals surface area contributed by atoms with E-state index in [2.05, 4.69) is 9.88 Å². The van der Waals surface area contributed by atoms with Crippen molar-refractivity contribution in [3.05, 3.63) is 36.0 Å². The Morgan fingerprint density at radius 2 is 1.82 bits per heavy atom. The first-order valence-corrected chi connectivity index (χ1v) is 17.8. The maximum atomic E-state index is 13.4. The number of carbonyl (C=O) groups excluding carboxylic acids is 1. The van der Waals surface area contributed by atoms with Crippen LogP contribution < -0.4 is 5.32 Å². The predicted octanol–water partition coefficient (Wildman–Crippen LogP) is 4.81. The number of nitrogens with one attached hydrogen (secondary N) is 1. The highest BCUT2D eigenvalue weighted by Crippen LogP contribution is 2.38. The normalized spacial score (nSPS) is 22.7. The van der Waals surface area contributed by atoms with Crippen LogP contribution in [0.2, 0.25) is 0 Å². The Morgan fingerprint density at radius 1 is 1.07 bits per heavy atom. The summed E-state index contributed by atoms with van der Waals surface area (Å²) in [6.45, 7) is 2.45. The van der Waals surface area contributed by atoms with Crippen LogP contribution in [0.15, 0.2) is 35.5 Å². The van der Waals surface area contributed by atoms with Gasteiger partial charge in [0.05, 0.1) is 12.4 Å². The molecule has 0 atom stereocenters. The van der Waals surface area contributed by atoms with Crippen LogP contribution in [0.3, 0.4) is 0 Å². The molecule has 5 rings (SSSR count). The van der Waals surface area contributed by atoms with Gasteiger partial charge in [-0.2, -0.15) is 13.2 Å². The van der Waals surface area contributed by atoms with Crippen LogP contribution in [-0.2, 0) is 32.5 Å². The van der Waals surface area contributed by atoms with Crippen molar-refractivity contribution < 1.29 is 36.2 Å². The first-order valence-electron chi connectivity index (χ1n) is 16.2. The van der Waals surface area contributed by atoms with E-state index >= 15 is 0 Å². The Hall–Kier alpha value is -2.48. The lowest BCUT2D eigenvalue weighted by Gasteiger charge is -2.34. The third kappa shape index (κ3) is 8.47. The Morgan fingerprint density at radius 3 is 2.53 bits per heavy atom. The molecule has 1 saturated carbocycles. The zero-order chi connectivity index (χ0) is 32.1. The molecule has 9 nitrogen and oxygen atoms in total. The number of amidine groups is 1. The second-order valence-corrected chi connectivity index (χ2v) is 14.8. The fourth-order valence-electron chi connectivity index (χ4n) is 6.95. The van der Waals surface area contributed by atoms with Crippen molar-refractivity contribution in [2.24, 2.45) is 16.8 Å². The van der Waals surface area contributed by atoms with Crippen LogP contribution in [-0.4, -0.2) is 84.5 Å². The maximum Gasteiger partial charge on any atom is 0.389 e. The minimum absolute atomic E-state index is 0.0270. The smallest absolute Gasteiger partial charge is 0.389 e. The van der Waals surface area contributed by atoms with Gasteiger partial charge in [-0.3, -0.25) is 9.79 Å². The Labute approximate surface area is 263 Å². The van der Waals surface area contributed by atoms with Crippen LogP contribution in [0.25, 0.3) is 10.9 Å². The van der Waals surface area contributed by atoms with E-state index in [9.17, 15) is 26.4 Å². The number of aliphatic hydroxyl groups is 1. The molecule has 1 aromatic heterocycles. The molecular weight excluding hydrogens is 609 g/mol. The van der Waals surface area contributed by atoms with Crippen LogP contribution in [0.4, 0.5) is 13.2 Å². The first-order chi connectivity index (χ1) is 21.5. The van der Waals surface area contributed by atoms with Crippen molar-refractivity contribution >= 4 is 32.7 Å². The van der Waals surface area contributed by atoms with E-state index in [-0.39, 0.29) is 49.6 Å². The highest BCUT2D eigenvalue weighted by molar-refractivity contribution is 7.89. The van der Waals surface area contributed by atoms with E-state index < -0.39 is 28.2 Å². The van der Waals surface area contributed by atoms with Crippen LogP contribution >= 0.6 is 0 Å². The summed E-state index contributed by atoms with van der Waals surface area (Å²) in [5, 5.41) is 12.8. The number of piperidine rings is 1. The van der Waals surface area contributed by atoms with Gasteiger partial charge in [-0.25, -0.2) is 12.7 Å². The molecule has 0 radical (unpaired) electrons. The average molecular weight is 655 g/mol. The summed E-state index contributed by atoms with van der Waals surface area (Å²) in [6, 6.07) is 7.93. The molecule has 3 aliphatic rings. The van der Waals surface area contributed by atoms with Gasteiger partial charge in [-0.1, -0.05) is 12.1 Å². The number of fused-ring (bicyclic) bond motifs is 1. The number of aliphatic hydroxyl groups excluding tert-OH is 1. The van der Waals surface area contributed by atoms with Crippen molar-refractivity contribution in [3.8, 4) is 0 Å². The molecule has 2 aliphatic heterocycles. The molecule has 2 aromatic rings. The number of amides is 1. The molecule has 1 saturated heterocycles. The number of rotatable bonds is 14. The Balaban J connectivity index is 1.12. The van der Waals surface area contributed by atoms with Gasteiger partial charge in [0.25, 0.3) is 5.91 Å². The number of benzene rings is 1. The standard InChI is InChI=1S/C32H45F3N4O5S/c33-32(34,35)13-10-24-6-8-26(9-7-24)29-36-30(41)31(37-29)14-17-39(18-15-31)45(42,43)23-12-25-4-3-5-28-27(25)11-16-38(28)19-22-44-21-2-1-20-40/h3-5,11,16,24,26,40H,1-2,6-10,12-15,17-23H2,(H,36,37,41). The van der Waals surface area contributed by atoms with E-state index in [1.807, 2.05) is 30.5 Å². The molecule has 0 unspecified atom stereocenters. The number of aliphatic imine (C=N–C) groups is 1. The van der Waals surface area contributed by atoms with Gasteiger partial charge >= 0.3 is 6.18 Å². The predicted molar refractivity (Wildman–Crippen MR) is 166 cm³/mol. The zero-order valence-electron chi connectivity index (χ0n) is 25.7. The number of aryl methyl sites for hydroxylation is 1. The molecule has 13 heteroatoms. The lowest BCUT2D eigenvalue weighted by Crippen LogP contribution is -2.51. The topological polar surface area (TPSA) is 113 Å². The largest absolute Gasteiger partial charge is 0.396 e. The van der Waals surface area contributed by atoms with Gasteiger partial charge in [0.15, 0.2) is 0 Å². The molecule has 1 spiro atoms. The van der Waals surface area contributed by atoms with Crippen molar-refractivity contribution in [1.82, 2.24) is 14.2 Å². The minimum Gasteiger partial charge on any atom is -0.396 e. The summed E-state index contributed by atoms with van der Waals surface area (Å²) < 4.78 is 73.8. The van der Waals surface area contributed by atoms with Gasteiger partial charge in [0.2, 0.25) is 10.0 Å². The molecule has 0 bridgehead atoms. The van der Waals surface area contributed by atoms with E-state index in [1.54, 1.807) is 0 Å². The van der Waals surface area contributed by atoms with Gasteiger partial charge in [0, 0.05) is 62.3 Å². The lowest BCUT2D eigenvalue weighted by atomic mass is 9.79. The molecule has 1 aliphatic carbocycles. The van der Waals surface area contributed by atoms with Crippen molar-refractivity contribution in [1.29, 1.82) is 0 Å². The molecule has 250 valence electrons. The number of hydrogen-bond donors (Lipinski definition) is 2. The number of unbranched alkanes of at least 4 members (excludes halogenated alkanes) is 1. The van der Waals surface area contributed by atoms with E-state index in [0.29, 0.717) is 70.5 Å². The van der Waals surface area contributed by atoms with Gasteiger partial charge in [-0.15, -0.1) is 0 Å². The summed E-state index contributed by atoms with van der Waals surface area (Å²) in [5.41, 5.74) is 1.02. The van der Waals surface area contributed by atoms with E-state index in [1.165, 1.54) is 4.31 Å². The third-order valence-corrected chi connectivity index (χ3v) is 11.6. The highest BCUT2D eigenvalue weighted by atomic mass is 32.2. The van der Waals surface area contributed by atoms with Crippen molar-refractivity contribution in [3.63, 3.8) is 0 Å². The Kier molecular flexibility index (Phi) is 10.9. The van der Waals surface area contributed by atoms with Crippen LogP contribution in [0, 0.1) is 11.8 Å². The van der Waals surface area contributed by atoms with Crippen molar-refractivity contribution in [2.45, 2.75) is 88.9 Å². The second kappa shape index (κ2) is 14.5. The van der Waals surface area contributed by atoms with Crippen LogP contribution in [0.1, 0.15) is 69.8 Å². The summed E-state index contributed by atoms with van der Waals surface area (Å²) in [5.74, 6) is 0.470. The molecular formula is C32H45F3N4O5S. The fraction of sp³-hybridized carbons (Fsp3) is 0.688. The number of carbonyl (C=O) groups is 1. The summed E-state index contributed by atoms with van der Waals surface area (Å²) >= 11 is 0. The molecule has 2 N–H and O–H groups in total. The summed E-state index contributed by atoms with van der Waals surface area (Å²) in [4.78, 5) is 17.9. The van der Waals surface area contributed by atoms with Crippen LogP contribution in [0.5, 0.6) is 0 Å². The number of alkyl halides is 3. The van der Waals surface area contributed by atoms with Gasteiger partial charge in [-0.05, 0) is 87.8 Å². The van der Waals surface area contributed by atoms with Gasteiger partial charge in [0.1, 0.15) is 11.4 Å². The van der Waals surface area contributed by atoms with E-state index in [0.717, 1.165) is 29.3 Å². The van der Waals surface area contributed by atoms with E-state index in [4.69, 9.17) is 14.8 Å². The fourth-order valence-corrected chi connectivity index (χ4v) is 8.42. The first kappa shape index (κ1) is 33.9.